The van der Waals surface area contributed by atoms with Crippen molar-refractivity contribution in [1.29, 1.82) is 0 Å². The molecular weight excluding hydrogens is 283 g/mol. The second-order valence-electron chi connectivity index (χ2n) is 4.53. The summed E-state index contributed by atoms with van der Waals surface area (Å²) in [7, 11) is 0. The Morgan fingerprint density at radius 2 is 1.84 bits per heavy atom. The average Bonchev–Trinajstić information content (AvgIpc) is 2.25. The molecule has 2 atom stereocenters. The maximum Gasteiger partial charge on any atom is 0.451 e. The zero-order valence-corrected chi connectivity index (χ0v) is 11.2. The number of morpholine rings is 1. The summed E-state index contributed by atoms with van der Waals surface area (Å²) in [6.45, 7) is 4.65. The first kappa shape index (κ1) is 14.3. The van der Waals surface area contributed by atoms with Gasteiger partial charge in [0.25, 0.3) is 0 Å². The van der Waals surface area contributed by atoms with Gasteiger partial charge >= 0.3 is 6.18 Å². The monoisotopic (exact) mass is 295 g/mol. The van der Waals surface area contributed by atoms with Crippen LogP contribution in [0, 0.1) is 0 Å². The second kappa shape index (κ2) is 5.13. The Balaban J connectivity index is 2.31. The van der Waals surface area contributed by atoms with E-state index in [9.17, 15) is 13.2 Å². The third-order valence-electron chi connectivity index (χ3n) is 2.68. The smallest absolute Gasteiger partial charge is 0.372 e. The van der Waals surface area contributed by atoms with E-state index in [1.165, 1.54) is 6.07 Å². The molecule has 0 aromatic carbocycles. The minimum atomic E-state index is -4.61. The standard InChI is InChI=1S/C11H13ClF3N3O/c1-6-4-18(5-7(2)19-6)9-3-8(12)16-10(17-9)11(13,14)15/h3,6-7H,4-5H2,1-2H3/t6-,7+. The van der Waals surface area contributed by atoms with Gasteiger partial charge in [-0.1, -0.05) is 11.6 Å². The van der Waals surface area contributed by atoms with E-state index in [1.54, 1.807) is 4.90 Å². The van der Waals surface area contributed by atoms with Gasteiger partial charge in [-0.15, -0.1) is 0 Å². The van der Waals surface area contributed by atoms with Crippen molar-refractivity contribution in [2.75, 3.05) is 18.0 Å². The van der Waals surface area contributed by atoms with Gasteiger partial charge in [-0.05, 0) is 13.8 Å². The topological polar surface area (TPSA) is 38.2 Å². The Morgan fingerprint density at radius 3 is 2.37 bits per heavy atom. The summed E-state index contributed by atoms with van der Waals surface area (Å²) in [5.74, 6) is -1.05. The number of halogens is 4. The molecule has 2 rings (SSSR count). The van der Waals surface area contributed by atoms with Crippen LogP contribution in [0.2, 0.25) is 5.15 Å². The lowest BCUT2D eigenvalue weighted by Gasteiger charge is -2.36. The Labute approximate surface area is 113 Å². The van der Waals surface area contributed by atoms with E-state index in [-0.39, 0.29) is 23.2 Å². The molecule has 8 heteroatoms. The fraction of sp³-hybridized carbons (Fsp3) is 0.636. The first-order chi connectivity index (χ1) is 8.75. The molecule has 0 saturated carbocycles. The van der Waals surface area contributed by atoms with Crippen LogP contribution in [0.25, 0.3) is 0 Å². The molecule has 0 amide bonds. The van der Waals surface area contributed by atoms with Crippen LogP contribution < -0.4 is 4.90 Å². The first-order valence-electron chi connectivity index (χ1n) is 5.78. The van der Waals surface area contributed by atoms with E-state index in [0.717, 1.165) is 0 Å². The summed E-state index contributed by atoms with van der Waals surface area (Å²) in [6, 6.07) is 1.33. The number of anilines is 1. The minimum absolute atomic E-state index is 0.0770. The molecule has 0 aliphatic carbocycles. The number of hydrogen-bond donors (Lipinski definition) is 0. The van der Waals surface area contributed by atoms with Crippen molar-refractivity contribution in [3.63, 3.8) is 0 Å². The van der Waals surface area contributed by atoms with Gasteiger partial charge in [0.15, 0.2) is 0 Å². The fourth-order valence-electron chi connectivity index (χ4n) is 2.06. The third-order valence-corrected chi connectivity index (χ3v) is 2.87. The molecule has 4 nitrogen and oxygen atoms in total. The number of nitrogens with zero attached hydrogens (tertiary/aromatic N) is 3. The summed E-state index contributed by atoms with van der Waals surface area (Å²) >= 11 is 5.64. The van der Waals surface area contributed by atoms with Gasteiger partial charge in [-0.25, -0.2) is 9.97 Å². The van der Waals surface area contributed by atoms with E-state index in [0.29, 0.717) is 13.1 Å². The van der Waals surface area contributed by atoms with E-state index in [1.807, 2.05) is 13.8 Å². The summed E-state index contributed by atoms with van der Waals surface area (Å²) in [6.07, 6.45) is -4.76. The molecule has 0 radical (unpaired) electrons. The van der Waals surface area contributed by atoms with E-state index in [2.05, 4.69) is 9.97 Å². The van der Waals surface area contributed by atoms with Gasteiger partial charge in [0.1, 0.15) is 11.0 Å². The Bertz CT molecular complexity index is 459. The Hall–Kier alpha value is -1.08. The van der Waals surface area contributed by atoms with Gasteiger partial charge < -0.3 is 9.64 Å². The Kier molecular flexibility index (Phi) is 3.87. The predicted octanol–water partition coefficient (Wildman–Crippen LogP) is 2.76. The molecule has 1 aliphatic heterocycles. The summed E-state index contributed by atoms with van der Waals surface area (Å²) in [5.41, 5.74) is 0. The molecule has 0 spiro atoms. The summed E-state index contributed by atoms with van der Waals surface area (Å²) in [5, 5.41) is -0.218. The molecule has 0 unspecified atom stereocenters. The molecule has 2 heterocycles. The van der Waals surface area contributed by atoms with Crippen LogP contribution in [-0.4, -0.2) is 35.3 Å². The highest BCUT2D eigenvalue weighted by molar-refractivity contribution is 6.29. The fourth-order valence-corrected chi connectivity index (χ4v) is 2.24. The number of ether oxygens (including phenoxy) is 1. The highest BCUT2D eigenvalue weighted by Crippen LogP contribution is 2.29. The van der Waals surface area contributed by atoms with Gasteiger partial charge in [0.2, 0.25) is 5.82 Å². The van der Waals surface area contributed by atoms with Crippen molar-refractivity contribution in [1.82, 2.24) is 9.97 Å². The normalized spacial score (nSPS) is 24.6. The molecule has 0 N–H and O–H groups in total. The Morgan fingerprint density at radius 1 is 1.26 bits per heavy atom. The maximum atomic E-state index is 12.6. The first-order valence-corrected chi connectivity index (χ1v) is 6.15. The summed E-state index contributed by atoms with van der Waals surface area (Å²) in [4.78, 5) is 8.48. The number of alkyl halides is 3. The van der Waals surface area contributed by atoms with Crippen molar-refractivity contribution in [3.05, 3.63) is 17.0 Å². The molecular formula is C11H13ClF3N3O. The van der Waals surface area contributed by atoms with Gasteiger partial charge in [0.05, 0.1) is 12.2 Å². The predicted molar refractivity (Wildman–Crippen MR) is 64.3 cm³/mol. The highest BCUT2D eigenvalue weighted by atomic mass is 35.5. The molecule has 106 valence electrons. The van der Waals surface area contributed by atoms with Crippen molar-refractivity contribution < 1.29 is 17.9 Å². The molecule has 0 bridgehead atoms. The zero-order valence-electron chi connectivity index (χ0n) is 10.4. The number of aromatic nitrogens is 2. The summed E-state index contributed by atoms with van der Waals surface area (Å²) < 4.78 is 43.5. The average molecular weight is 296 g/mol. The van der Waals surface area contributed by atoms with Crippen LogP contribution in [0.4, 0.5) is 19.0 Å². The molecule has 19 heavy (non-hydrogen) atoms. The zero-order chi connectivity index (χ0) is 14.2. The molecule has 1 aromatic rings. The van der Waals surface area contributed by atoms with E-state index in [4.69, 9.17) is 16.3 Å². The van der Waals surface area contributed by atoms with Crippen LogP contribution in [0.15, 0.2) is 6.07 Å². The van der Waals surface area contributed by atoms with E-state index >= 15 is 0 Å². The van der Waals surface area contributed by atoms with Gasteiger partial charge in [0, 0.05) is 19.2 Å². The largest absolute Gasteiger partial charge is 0.451 e. The lowest BCUT2D eigenvalue weighted by atomic mass is 10.2. The van der Waals surface area contributed by atoms with Gasteiger partial charge in [-0.2, -0.15) is 13.2 Å². The SMILES string of the molecule is C[C@@H]1CN(c2cc(Cl)nc(C(F)(F)F)n2)C[C@H](C)O1. The van der Waals surface area contributed by atoms with E-state index < -0.39 is 12.0 Å². The highest BCUT2D eigenvalue weighted by Gasteiger charge is 2.36. The molecule has 1 aliphatic rings. The number of rotatable bonds is 1. The lowest BCUT2D eigenvalue weighted by Crippen LogP contribution is -2.46. The van der Waals surface area contributed by atoms with Crippen molar-refractivity contribution in [3.8, 4) is 0 Å². The van der Waals surface area contributed by atoms with Crippen LogP contribution in [0.1, 0.15) is 19.7 Å². The minimum Gasteiger partial charge on any atom is -0.372 e. The van der Waals surface area contributed by atoms with Gasteiger partial charge in [-0.3, -0.25) is 0 Å². The molecule has 1 saturated heterocycles. The van der Waals surface area contributed by atoms with Crippen LogP contribution in [0.5, 0.6) is 0 Å². The van der Waals surface area contributed by atoms with Crippen LogP contribution in [-0.2, 0) is 10.9 Å². The van der Waals surface area contributed by atoms with Crippen molar-refractivity contribution in [2.45, 2.75) is 32.2 Å². The molecule has 1 fully saturated rings. The van der Waals surface area contributed by atoms with Crippen LogP contribution >= 0.6 is 11.6 Å². The second-order valence-corrected chi connectivity index (χ2v) is 4.92. The number of hydrogen-bond acceptors (Lipinski definition) is 4. The third kappa shape index (κ3) is 3.48. The molecule has 1 aromatic heterocycles. The maximum absolute atomic E-state index is 12.6. The van der Waals surface area contributed by atoms with Crippen LogP contribution in [0.3, 0.4) is 0 Å². The quantitative estimate of drug-likeness (QED) is 0.747. The van der Waals surface area contributed by atoms with Crippen molar-refractivity contribution in [2.24, 2.45) is 0 Å². The van der Waals surface area contributed by atoms with Crippen molar-refractivity contribution >= 4 is 17.4 Å². The lowest BCUT2D eigenvalue weighted by molar-refractivity contribution is -0.144.